The summed E-state index contributed by atoms with van der Waals surface area (Å²) < 4.78 is 39.7. The second-order valence-corrected chi connectivity index (χ2v) is 8.93. The molecule has 2 aromatic carbocycles. The number of ketones is 1. The maximum atomic E-state index is 13.0. The first-order valence-electron chi connectivity index (χ1n) is 9.49. The van der Waals surface area contributed by atoms with Gasteiger partial charge in [-0.3, -0.25) is 9.59 Å². The van der Waals surface area contributed by atoms with Crippen molar-refractivity contribution in [2.45, 2.75) is 25.4 Å². The lowest BCUT2D eigenvalue weighted by atomic mass is 9.98. The van der Waals surface area contributed by atoms with Crippen molar-refractivity contribution in [2.24, 2.45) is 0 Å². The molecule has 0 aliphatic heterocycles. The molecule has 32 heavy (non-hydrogen) atoms. The van der Waals surface area contributed by atoms with Crippen LogP contribution in [-0.4, -0.2) is 21.7 Å². The van der Waals surface area contributed by atoms with Gasteiger partial charge in [-0.1, -0.05) is 18.2 Å². The summed E-state index contributed by atoms with van der Waals surface area (Å²) in [6.45, 7) is 1.55. The van der Waals surface area contributed by atoms with E-state index in [-0.39, 0.29) is 17.8 Å². The van der Waals surface area contributed by atoms with Crippen LogP contribution in [0.2, 0.25) is 0 Å². The Morgan fingerprint density at radius 2 is 1.97 bits per heavy atom. The van der Waals surface area contributed by atoms with Crippen molar-refractivity contribution in [3.05, 3.63) is 75.2 Å². The highest BCUT2D eigenvalue weighted by Gasteiger charge is 2.31. The maximum Gasteiger partial charge on any atom is 0.416 e. The van der Waals surface area contributed by atoms with Crippen LogP contribution in [-0.2, 0) is 17.4 Å². The number of carbonyl (C=O) groups excluding carboxylic acids is 2. The molecule has 10 heteroatoms. The van der Waals surface area contributed by atoms with Gasteiger partial charge in [0.1, 0.15) is 10.7 Å². The van der Waals surface area contributed by atoms with Crippen molar-refractivity contribution in [3.8, 4) is 0 Å². The third kappa shape index (κ3) is 4.86. The van der Waals surface area contributed by atoms with Gasteiger partial charge in [0, 0.05) is 11.1 Å². The zero-order valence-corrected chi connectivity index (χ0v) is 18.3. The van der Waals surface area contributed by atoms with Gasteiger partial charge in [0.15, 0.2) is 5.78 Å². The van der Waals surface area contributed by atoms with E-state index in [1.807, 2.05) is 0 Å². The predicted molar refractivity (Wildman–Crippen MR) is 118 cm³/mol. The van der Waals surface area contributed by atoms with Gasteiger partial charge in [0.2, 0.25) is 5.91 Å². The normalized spacial score (nSPS) is 12.6. The van der Waals surface area contributed by atoms with E-state index in [2.05, 4.69) is 15.3 Å². The van der Waals surface area contributed by atoms with Crippen LogP contribution in [0.1, 0.15) is 39.5 Å². The van der Waals surface area contributed by atoms with Gasteiger partial charge in [-0.05, 0) is 36.8 Å². The van der Waals surface area contributed by atoms with E-state index in [1.54, 1.807) is 36.0 Å². The minimum Gasteiger partial charge on any atom is -0.326 e. The number of Topliss-reactive ketones (excluding diaryl/α,β-unsaturated/α-hetero) is 1. The molecule has 164 valence electrons. The lowest BCUT2D eigenvalue weighted by Gasteiger charge is -2.15. The number of amides is 1. The van der Waals surface area contributed by atoms with Crippen LogP contribution in [0.3, 0.4) is 0 Å². The Kier molecular flexibility index (Phi) is 6.07. The zero-order chi connectivity index (χ0) is 22.9. The summed E-state index contributed by atoms with van der Waals surface area (Å²) in [6.07, 6.45) is -4.33. The van der Waals surface area contributed by atoms with Gasteiger partial charge in [-0.25, -0.2) is 9.97 Å². The number of rotatable bonds is 6. The van der Waals surface area contributed by atoms with Gasteiger partial charge >= 0.3 is 6.18 Å². The topological polar surface area (TPSA) is 72.0 Å². The Morgan fingerprint density at radius 3 is 2.69 bits per heavy atom. The lowest BCUT2D eigenvalue weighted by molar-refractivity contribution is -0.137. The van der Waals surface area contributed by atoms with Gasteiger partial charge < -0.3 is 5.32 Å². The van der Waals surface area contributed by atoms with E-state index in [1.165, 1.54) is 34.8 Å². The van der Waals surface area contributed by atoms with Crippen LogP contribution in [0, 0.1) is 0 Å². The summed E-state index contributed by atoms with van der Waals surface area (Å²) in [5.41, 5.74) is 2.69. The monoisotopic (exact) mass is 475 g/mol. The third-order valence-electron chi connectivity index (χ3n) is 4.84. The van der Waals surface area contributed by atoms with Crippen molar-refractivity contribution < 1.29 is 22.8 Å². The number of aromatic nitrogens is 2. The molecule has 0 bridgehead atoms. The number of carbonyl (C=O) groups is 2. The molecular weight excluding hydrogens is 459 g/mol. The molecule has 0 radical (unpaired) electrons. The molecule has 1 unspecified atom stereocenters. The van der Waals surface area contributed by atoms with E-state index in [0.717, 1.165) is 16.8 Å². The summed E-state index contributed by atoms with van der Waals surface area (Å²) in [7, 11) is 0. The first kappa shape index (κ1) is 22.1. The fraction of sp³-hybridized carbons (Fsp3) is 0.182. The highest BCUT2D eigenvalue weighted by Crippen LogP contribution is 2.32. The molecule has 0 spiro atoms. The number of alkyl halides is 3. The molecule has 1 N–H and O–H groups in total. The molecule has 1 atom stereocenters. The molecule has 0 saturated carbocycles. The first-order valence-corrected chi connectivity index (χ1v) is 11.3. The zero-order valence-electron chi connectivity index (χ0n) is 16.6. The van der Waals surface area contributed by atoms with Crippen LogP contribution >= 0.6 is 22.7 Å². The van der Waals surface area contributed by atoms with E-state index < -0.39 is 23.6 Å². The lowest BCUT2D eigenvalue weighted by Crippen LogP contribution is -2.19. The summed E-state index contributed by atoms with van der Waals surface area (Å²) in [5, 5.41) is 5.07. The molecule has 0 saturated heterocycles. The quantitative estimate of drug-likeness (QED) is 0.351. The SMILES string of the molecule is CC(C(=O)Nc1ccc2nc(CC(=O)c3cscn3)sc2c1)c1cccc(C(F)(F)F)c1. The fourth-order valence-corrected chi connectivity index (χ4v) is 4.65. The number of benzene rings is 2. The molecule has 4 rings (SSSR count). The average Bonchev–Trinajstić information content (AvgIpc) is 3.42. The van der Waals surface area contributed by atoms with Crippen molar-refractivity contribution in [2.75, 3.05) is 5.32 Å². The Labute approximate surface area is 189 Å². The van der Waals surface area contributed by atoms with E-state index >= 15 is 0 Å². The minimum atomic E-state index is -4.47. The Morgan fingerprint density at radius 1 is 1.16 bits per heavy atom. The van der Waals surface area contributed by atoms with Crippen LogP contribution < -0.4 is 5.32 Å². The molecular formula is C22H16F3N3O2S2. The van der Waals surface area contributed by atoms with Crippen LogP contribution in [0.4, 0.5) is 18.9 Å². The van der Waals surface area contributed by atoms with Gasteiger partial charge in [0.25, 0.3) is 0 Å². The number of nitrogens with zero attached hydrogens (tertiary/aromatic N) is 2. The molecule has 2 heterocycles. The van der Waals surface area contributed by atoms with Crippen molar-refractivity contribution in [3.63, 3.8) is 0 Å². The molecule has 0 aliphatic carbocycles. The number of fused-ring (bicyclic) bond motifs is 1. The molecule has 4 aromatic rings. The van der Waals surface area contributed by atoms with Crippen molar-refractivity contribution in [1.29, 1.82) is 0 Å². The minimum absolute atomic E-state index is 0.117. The molecule has 0 aliphatic rings. The first-order chi connectivity index (χ1) is 15.2. The molecule has 5 nitrogen and oxygen atoms in total. The molecule has 0 fully saturated rings. The van der Waals surface area contributed by atoms with Gasteiger partial charge in [-0.2, -0.15) is 13.2 Å². The Bertz CT molecular complexity index is 1280. The maximum absolute atomic E-state index is 13.0. The number of anilines is 1. The summed E-state index contributed by atoms with van der Waals surface area (Å²) >= 11 is 2.69. The largest absolute Gasteiger partial charge is 0.416 e. The summed E-state index contributed by atoms with van der Waals surface area (Å²) in [5.74, 6) is -1.32. The average molecular weight is 476 g/mol. The van der Waals surface area contributed by atoms with Crippen LogP contribution in [0.15, 0.2) is 53.4 Å². The highest BCUT2D eigenvalue weighted by molar-refractivity contribution is 7.18. The van der Waals surface area contributed by atoms with E-state index in [9.17, 15) is 22.8 Å². The van der Waals surface area contributed by atoms with Crippen molar-refractivity contribution in [1.82, 2.24) is 9.97 Å². The van der Waals surface area contributed by atoms with E-state index in [0.29, 0.717) is 21.9 Å². The van der Waals surface area contributed by atoms with Gasteiger partial charge in [-0.15, -0.1) is 22.7 Å². The molecule has 1 amide bonds. The number of hydrogen-bond donors (Lipinski definition) is 1. The number of halogens is 3. The van der Waals surface area contributed by atoms with Crippen LogP contribution in [0.25, 0.3) is 10.2 Å². The van der Waals surface area contributed by atoms with Gasteiger partial charge in [0.05, 0.1) is 33.6 Å². The predicted octanol–water partition coefficient (Wildman–Crippen LogP) is 5.94. The summed E-state index contributed by atoms with van der Waals surface area (Å²) in [4.78, 5) is 33.3. The number of hydrogen-bond acceptors (Lipinski definition) is 6. The number of nitrogens with one attached hydrogen (secondary N) is 1. The fourth-order valence-electron chi connectivity index (χ4n) is 3.09. The standard InChI is InChI=1S/C22H16F3N3O2S2/c1-12(13-3-2-4-14(7-13)22(23,24)25)21(30)27-15-5-6-16-19(8-15)32-20(28-16)9-18(29)17-10-31-11-26-17/h2-8,10-12H,9H2,1H3,(H,27,30). The Balaban J connectivity index is 1.48. The third-order valence-corrected chi connectivity index (χ3v) is 6.44. The van der Waals surface area contributed by atoms with E-state index in [4.69, 9.17) is 0 Å². The van der Waals surface area contributed by atoms with Crippen molar-refractivity contribution >= 4 is 50.3 Å². The second kappa shape index (κ2) is 8.79. The number of thiazole rings is 2. The summed E-state index contributed by atoms with van der Waals surface area (Å²) in [6, 6.07) is 9.89. The highest BCUT2D eigenvalue weighted by atomic mass is 32.1. The smallest absolute Gasteiger partial charge is 0.326 e. The molecule has 2 aromatic heterocycles. The van der Waals surface area contributed by atoms with Crippen LogP contribution in [0.5, 0.6) is 0 Å². The second-order valence-electron chi connectivity index (χ2n) is 7.10. The Hall–Kier alpha value is -3.11.